The predicted molar refractivity (Wildman–Crippen MR) is 89.8 cm³/mol. The van der Waals surface area contributed by atoms with Crippen molar-refractivity contribution in [1.82, 2.24) is 9.88 Å². The van der Waals surface area contributed by atoms with E-state index in [2.05, 4.69) is 4.98 Å². The number of pyridine rings is 1. The van der Waals surface area contributed by atoms with Crippen molar-refractivity contribution in [2.75, 3.05) is 13.3 Å². The Hall–Kier alpha value is -1.66. The average molecular weight is 322 g/mol. The van der Waals surface area contributed by atoms with Crippen molar-refractivity contribution in [2.45, 2.75) is 31.7 Å². The van der Waals surface area contributed by atoms with Gasteiger partial charge in [0.15, 0.2) is 9.84 Å². The molecule has 2 rings (SSSR count). The molecule has 6 heteroatoms. The molecule has 0 fully saturated rings. The highest BCUT2D eigenvalue weighted by molar-refractivity contribution is 7.91. The molecule has 120 valence electrons. The Morgan fingerprint density at radius 3 is 2.50 bits per heavy atom. The van der Waals surface area contributed by atoms with Gasteiger partial charge in [0.2, 0.25) is 0 Å². The third-order valence-corrected chi connectivity index (χ3v) is 6.04. The van der Waals surface area contributed by atoms with Crippen LogP contribution in [0.25, 0.3) is 10.9 Å². The van der Waals surface area contributed by atoms with Gasteiger partial charge in [-0.2, -0.15) is 0 Å². The van der Waals surface area contributed by atoms with Gasteiger partial charge in [0, 0.05) is 29.9 Å². The Morgan fingerprint density at radius 2 is 1.86 bits per heavy atom. The maximum absolute atomic E-state index is 12.2. The summed E-state index contributed by atoms with van der Waals surface area (Å²) in [6.07, 6.45) is 1.24. The van der Waals surface area contributed by atoms with Crippen LogP contribution in [0.3, 0.4) is 0 Å². The van der Waals surface area contributed by atoms with Gasteiger partial charge in [-0.1, -0.05) is 18.2 Å². The van der Waals surface area contributed by atoms with Gasteiger partial charge in [0.05, 0.1) is 5.25 Å². The van der Waals surface area contributed by atoms with Gasteiger partial charge in [-0.05, 0) is 38.4 Å². The van der Waals surface area contributed by atoms with Crippen LogP contribution in [0.2, 0.25) is 0 Å². The molecule has 1 heterocycles. The first kappa shape index (κ1) is 16.7. The van der Waals surface area contributed by atoms with E-state index in [1.165, 1.54) is 6.26 Å². The van der Waals surface area contributed by atoms with Gasteiger partial charge < -0.3 is 4.98 Å². The largest absolute Gasteiger partial charge is 0.322 e. The third kappa shape index (κ3) is 3.56. The monoisotopic (exact) mass is 322 g/mol. The summed E-state index contributed by atoms with van der Waals surface area (Å²) in [5.41, 5.74) is 1.30. The molecule has 0 saturated carbocycles. The molecule has 1 N–H and O–H groups in total. The van der Waals surface area contributed by atoms with Crippen molar-refractivity contribution in [3.8, 4) is 0 Å². The summed E-state index contributed by atoms with van der Waals surface area (Å²) in [5.74, 6) is 0. The van der Waals surface area contributed by atoms with E-state index in [0.29, 0.717) is 12.1 Å². The predicted octanol–water partition coefficient (Wildman–Crippen LogP) is 1.78. The van der Waals surface area contributed by atoms with Crippen LogP contribution in [0.15, 0.2) is 35.1 Å². The fourth-order valence-electron chi connectivity index (χ4n) is 2.44. The molecule has 0 radical (unpaired) electrons. The van der Waals surface area contributed by atoms with E-state index in [1.807, 2.05) is 49.2 Å². The van der Waals surface area contributed by atoms with E-state index < -0.39 is 15.1 Å². The van der Waals surface area contributed by atoms with Gasteiger partial charge in [0.25, 0.3) is 5.56 Å². The minimum atomic E-state index is -3.11. The highest BCUT2D eigenvalue weighted by Gasteiger charge is 2.25. The van der Waals surface area contributed by atoms with Gasteiger partial charge in [0.1, 0.15) is 0 Å². The molecule has 0 saturated heterocycles. The third-order valence-electron chi connectivity index (χ3n) is 4.30. The molecule has 0 amide bonds. The van der Waals surface area contributed by atoms with Gasteiger partial charge in [-0.3, -0.25) is 9.69 Å². The Balaban J connectivity index is 2.27. The summed E-state index contributed by atoms with van der Waals surface area (Å²) in [5, 5.41) is 0.478. The molecule has 0 aliphatic carbocycles. The van der Waals surface area contributed by atoms with Crippen molar-refractivity contribution in [2.24, 2.45) is 0 Å². The zero-order valence-corrected chi connectivity index (χ0v) is 14.1. The zero-order valence-electron chi connectivity index (χ0n) is 13.3. The topological polar surface area (TPSA) is 70.2 Å². The van der Waals surface area contributed by atoms with Crippen molar-refractivity contribution in [3.05, 3.63) is 46.2 Å². The van der Waals surface area contributed by atoms with Crippen LogP contribution in [-0.2, 0) is 16.4 Å². The summed E-state index contributed by atoms with van der Waals surface area (Å²) < 4.78 is 23.4. The molecule has 0 unspecified atom stereocenters. The number of para-hydroxylation sites is 1. The number of sulfone groups is 1. The smallest absolute Gasteiger partial charge is 0.252 e. The van der Waals surface area contributed by atoms with Crippen molar-refractivity contribution in [3.63, 3.8) is 0 Å². The van der Waals surface area contributed by atoms with E-state index in [9.17, 15) is 13.2 Å². The van der Waals surface area contributed by atoms with E-state index in [1.54, 1.807) is 6.92 Å². The van der Waals surface area contributed by atoms with Gasteiger partial charge in [-0.25, -0.2) is 8.42 Å². The first-order chi connectivity index (χ1) is 10.2. The number of nitrogens with zero attached hydrogens (tertiary/aromatic N) is 1. The Bertz CT molecular complexity index is 827. The molecule has 5 nitrogen and oxygen atoms in total. The number of H-pyrrole nitrogens is 1. The Morgan fingerprint density at radius 1 is 1.23 bits per heavy atom. The Labute approximate surface area is 130 Å². The second-order valence-corrected chi connectivity index (χ2v) is 8.30. The van der Waals surface area contributed by atoms with Gasteiger partial charge in [-0.15, -0.1) is 0 Å². The first-order valence-corrected chi connectivity index (χ1v) is 9.15. The second kappa shape index (κ2) is 6.22. The molecule has 2 aromatic rings. The number of rotatable bonds is 5. The summed E-state index contributed by atoms with van der Waals surface area (Å²) in [7, 11) is -1.28. The molecule has 1 aromatic carbocycles. The first-order valence-electron chi connectivity index (χ1n) is 7.20. The minimum absolute atomic E-state index is 0.134. The molecular weight excluding hydrogens is 300 g/mol. The molecule has 0 bridgehead atoms. The minimum Gasteiger partial charge on any atom is -0.322 e. The summed E-state index contributed by atoms with van der Waals surface area (Å²) >= 11 is 0. The highest BCUT2D eigenvalue weighted by atomic mass is 32.2. The quantitative estimate of drug-likeness (QED) is 0.911. The second-order valence-electron chi connectivity index (χ2n) is 5.90. The lowest BCUT2D eigenvalue weighted by Gasteiger charge is -2.28. The number of benzene rings is 1. The van der Waals surface area contributed by atoms with Crippen LogP contribution in [0.1, 0.15) is 19.4 Å². The number of fused-ring (bicyclic) bond motifs is 1. The van der Waals surface area contributed by atoms with Crippen molar-refractivity contribution < 1.29 is 8.42 Å². The number of aromatic amines is 1. The fraction of sp³-hybridized carbons (Fsp3) is 0.438. The fourth-order valence-corrected chi connectivity index (χ4v) is 3.36. The van der Waals surface area contributed by atoms with E-state index in [0.717, 1.165) is 10.9 Å². The van der Waals surface area contributed by atoms with Crippen LogP contribution in [0.4, 0.5) is 0 Å². The molecule has 0 aliphatic rings. The molecule has 1 aromatic heterocycles. The number of nitrogens with one attached hydrogen (secondary N) is 1. The lowest BCUT2D eigenvalue weighted by Crippen LogP contribution is -2.41. The Kier molecular flexibility index (Phi) is 4.72. The van der Waals surface area contributed by atoms with E-state index in [-0.39, 0.29) is 11.6 Å². The van der Waals surface area contributed by atoms with Gasteiger partial charge >= 0.3 is 0 Å². The van der Waals surface area contributed by atoms with Crippen molar-refractivity contribution in [1.29, 1.82) is 0 Å². The van der Waals surface area contributed by atoms with Crippen LogP contribution in [0.5, 0.6) is 0 Å². The maximum Gasteiger partial charge on any atom is 0.252 e. The van der Waals surface area contributed by atoms with Crippen LogP contribution < -0.4 is 5.56 Å². The normalized spacial score (nSPS) is 15.1. The number of hydrogen-bond donors (Lipinski definition) is 1. The van der Waals surface area contributed by atoms with E-state index >= 15 is 0 Å². The lowest BCUT2D eigenvalue weighted by molar-refractivity contribution is 0.244. The zero-order chi connectivity index (χ0) is 16.5. The van der Waals surface area contributed by atoms with Crippen molar-refractivity contribution >= 4 is 20.7 Å². The van der Waals surface area contributed by atoms with Crippen LogP contribution >= 0.6 is 0 Å². The average Bonchev–Trinajstić information content (AvgIpc) is 2.45. The van der Waals surface area contributed by atoms with E-state index in [4.69, 9.17) is 0 Å². The molecule has 0 spiro atoms. The molecule has 2 atom stereocenters. The summed E-state index contributed by atoms with van der Waals surface area (Å²) in [6.45, 7) is 3.96. The highest BCUT2D eigenvalue weighted by Crippen LogP contribution is 2.14. The van der Waals surface area contributed by atoms with Crippen LogP contribution in [-0.4, -0.2) is 42.9 Å². The number of aromatic nitrogens is 1. The summed E-state index contributed by atoms with van der Waals surface area (Å²) in [6, 6.07) is 9.28. The molecular formula is C16H22N2O3S. The molecule has 0 aliphatic heterocycles. The lowest BCUT2D eigenvalue weighted by atomic mass is 10.1. The van der Waals surface area contributed by atoms with Crippen LogP contribution in [0, 0.1) is 0 Å². The maximum atomic E-state index is 12.2. The standard InChI is InChI=1S/C16H22N2O3S/c1-11(12(2)22(4,20)21)18(3)10-14-9-13-7-5-6-8-15(13)17-16(14)19/h5-9,11-12H,10H2,1-4H3,(H,17,19)/t11-,12+/m0/s1. The molecule has 22 heavy (non-hydrogen) atoms. The SMILES string of the molecule is C[C@H]([C@H](C)N(C)Cc1cc2ccccc2[nH]c1=O)S(C)(=O)=O. The summed E-state index contributed by atoms with van der Waals surface area (Å²) in [4.78, 5) is 16.9. The number of hydrogen-bond acceptors (Lipinski definition) is 4.